The fourth-order valence-corrected chi connectivity index (χ4v) is 4.77. The largest absolute Gasteiger partial charge is 0.0628 e. The van der Waals surface area contributed by atoms with E-state index >= 15 is 0 Å². The Hall–Kier alpha value is 0. The van der Waals surface area contributed by atoms with E-state index in [9.17, 15) is 0 Å². The second-order valence-corrected chi connectivity index (χ2v) is 11.0. The molecule has 26 heavy (non-hydrogen) atoms. The van der Waals surface area contributed by atoms with Crippen molar-refractivity contribution in [1.29, 1.82) is 0 Å². The molecule has 0 rings (SSSR count). The third kappa shape index (κ3) is 8.79. The summed E-state index contributed by atoms with van der Waals surface area (Å²) in [5, 5.41) is 0. The first kappa shape index (κ1) is 26.0. The summed E-state index contributed by atoms with van der Waals surface area (Å²) in [5.41, 5.74) is 0. The lowest BCUT2D eigenvalue weighted by Gasteiger charge is -2.36. The van der Waals surface area contributed by atoms with E-state index in [0.717, 1.165) is 59.2 Å². The standard InChI is InChI=1S/C26H54/c1-17(2)14-13-15-19(5)23(9)24(10)20(6)16-21(7)25(11)26(12)22(8)18(3)4/h17-26H,13-16H2,1-12H3. The summed E-state index contributed by atoms with van der Waals surface area (Å²) in [6.07, 6.45) is 5.59. The van der Waals surface area contributed by atoms with Crippen LogP contribution in [0, 0.1) is 59.2 Å². The van der Waals surface area contributed by atoms with Crippen LogP contribution in [0.3, 0.4) is 0 Å². The summed E-state index contributed by atoms with van der Waals surface area (Å²) in [6.45, 7) is 29.4. The predicted molar refractivity (Wildman–Crippen MR) is 121 cm³/mol. The van der Waals surface area contributed by atoms with Gasteiger partial charge in [0.15, 0.2) is 0 Å². The SMILES string of the molecule is CC(C)CCCC(C)C(C)C(C)C(C)CC(C)C(C)C(C)C(C)C(C)C. The van der Waals surface area contributed by atoms with Crippen LogP contribution in [-0.4, -0.2) is 0 Å². The van der Waals surface area contributed by atoms with Crippen LogP contribution >= 0.6 is 0 Å². The Morgan fingerprint density at radius 2 is 0.846 bits per heavy atom. The lowest BCUT2D eigenvalue weighted by atomic mass is 9.69. The van der Waals surface area contributed by atoms with Gasteiger partial charge in [-0.1, -0.05) is 102 Å². The van der Waals surface area contributed by atoms with Crippen LogP contribution < -0.4 is 0 Å². The molecule has 0 aliphatic carbocycles. The monoisotopic (exact) mass is 366 g/mol. The van der Waals surface area contributed by atoms with Gasteiger partial charge in [-0.2, -0.15) is 0 Å². The third-order valence-corrected chi connectivity index (χ3v) is 8.42. The molecule has 0 amide bonds. The van der Waals surface area contributed by atoms with Crippen molar-refractivity contribution in [2.45, 2.75) is 109 Å². The van der Waals surface area contributed by atoms with E-state index < -0.39 is 0 Å². The van der Waals surface area contributed by atoms with Crippen LogP contribution in [0.15, 0.2) is 0 Å². The zero-order valence-corrected chi connectivity index (χ0v) is 20.6. The summed E-state index contributed by atoms with van der Waals surface area (Å²) >= 11 is 0. The topological polar surface area (TPSA) is 0 Å². The second-order valence-electron chi connectivity index (χ2n) is 11.0. The number of rotatable bonds is 13. The van der Waals surface area contributed by atoms with E-state index in [4.69, 9.17) is 0 Å². The smallest absolute Gasteiger partial charge is 0.0386 e. The summed E-state index contributed by atoms with van der Waals surface area (Å²) in [7, 11) is 0. The van der Waals surface area contributed by atoms with Crippen molar-refractivity contribution in [3.8, 4) is 0 Å². The first-order chi connectivity index (χ1) is 11.9. The van der Waals surface area contributed by atoms with Crippen molar-refractivity contribution in [3.05, 3.63) is 0 Å². The van der Waals surface area contributed by atoms with Crippen molar-refractivity contribution < 1.29 is 0 Å². The Morgan fingerprint density at radius 3 is 1.27 bits per heavy atom. The normalized spacial score (nSPS) is 21.9. The molecular formula is C26H54. The maximum Gasteiger partial charge on any atom is -0.0386 e. The molecule has 8 atom stereocenters. The molecule has 8 unspecified atom stereocenters. The van der Waals surface area contributed by atoms with Crippen molar-refractivity contribution >= 4 is 0 Å². The quantitative estimate of drug-likeness (QED) is 0.305. The minimum absolute atomic E-state index is 0.794. The van der Waals surface area contributed by atoms with E-state index in [1.165, 1.54) is 25.7 Å². The van der Waals surface area contributed by atoms with Gasteiger partial charge >= 0.3 is 0 Å². The van der Waals surface area contributed by atoms with Gasteiger partial charge in [-0.05, 0) is 65.6 Å². The molecule has 0 aromatic heterocycles. The van der Waals surface area contributed by atoms with Gasteiger partial charge in [-0.25, -0.2) is 0 Å². The molecule has 0 heterocycles. The highest BCUT2D eigenvalue weighted by atomic mass is 14.3. The van der Waals surface area contributed by atoms with Crippen molar-refractivity contribution in [1.82, 2.24) is 0 Å². The minimum Gasteiger partial charge on any atom is -0.0628 e. The molecule has 0 aliphatic heterocycles. The Kier molecular flexibility index (Phi) is 12.5. The van der Waals surface area contributed by atoms with Crippen LogP contribution in [0.4, 0.5) is 0 Å². The average molecular weight is 367 g/mol. The molecule has 158 valence electrons. The van der Waals surface area contributed by atoms with E-state index in [0.29, 0.717) is 0 Å². The molecule has 0 fully saturated rings. The summed E-state index contributed by atoms with van der Waals surface area (Å²) in [6, 6.07) is 0. The Bertz CT molecular complexity index is 342. The summed E-state index contributed by atoms with van der Waals surface area (Å²) in [4.78, 5) is 0. The highest BCUT2D eigenvalue weighted by molar-refractivity contribution is 4.79. The molecule has 0 aromatic carbocycles. The molecule has 0 bridgehead atoms. The van der Waals surface area contributed by atoms with Crippen LogP contribution in [0.25, 0.3) is 0 Å². The van der Waals surface area contributed by atoms with Crippen LogP contribution in [0.2, 0.25) is 0 Å². The first-order valence-electron chi connectivity index (χ1n) is 11.9. The number of hydrogen-bond donors (Lipinski definition) is 0. The van der Waals surface area contributed by atoms with Gasteiger partial charge in [0.2, 0.25) is 0 Å². The van der Waals surface area contributed by atoms with Gasteiger partial charge in [0.05, 0.1) is 0 Å². The fourth-order valence-electron chi connectivity index (χ4n) is 4.77. The molecule has 0 heteroatoms. The van der Waals surface area contributed by atoms with Crippen molar-refractivity contribution in [2.75, 3.05) is 0 Å². The summed E-state index contributed by atoms with van der Waals surface area (Å²) in [5.74, 6) is 8.29. The Morgan fingerprint density at radius 1 is 0.423 bits per heavy atom. The lowest BCUT2D eigenvalue weighted by Crippen LogP contribution is -2.29. The highest BCUT2D eigenvalue weighted by Crippen LogP contribution is 2.37. The maximum absolute atomic E-state index is 2.52. The van der Waals surface area contributed by atoms with Crippen LogP contribution in [0.1, 0.15) is 109 Å². The average Bonchev–Trinajstić information content (AvgIpc) is 2.57. The van der Waals surface area contributed by atoms with Gasteiger partial charge in [0.25, 0.3) is 0 Å². The van der Waals surface area contributed by atoms with Gasteiger partial charge in [-0.3, -0.25) is 0 Å². The van der Waals surface area contributed by atoms with Gasteiger partial charge < -0.3 is 0 Å². The molecule has 0 radical (unpaired) electrons. The van der Waals surface area contributed by atoms with Gasteiger partial charge in [0.1, 0.15) is 0 Å². The lowest BCUT2D eigenvalue weighted by molar-refractivity contribution is 0.130. The Balaban J connectivity index is 4.55. The van der Waals surface area contributed by atoms with Gasteiger partial charge in [0, 0.05) is 0 Å². The molecular weight excluding hydrogens is 312 g/mol. The third-order valence-electron chi connectivity index (χ3n) is 8.42. The van der Waals surface area contributed by atoms with Crippen molar-refractivity contribution in [3.63, 3.8) is 0 Å². The molecule has 0 N–H and O–H groups in total. The highest BCUT2D eigenvalue weighted by Gasteiger charge is 2.29. The maximum atomic E-state index is 2.52. The Labute approximate surface area is 168 Å². The van der Waals surface area contributed by atoms with E-state index in [1.54, 1.807) is 0 Å². The summed E-state index contributed by atoms with van der Waals surface area (Å²) < 4.78 is 0. The van der Waals surface area contributed by atoms with Gasteiger partial charge in [-0.15, -0.1) is 0 Å². The molecule has 0 aromatic rings. The zero-order chi connectivity index (χ0) is 20.6. The molecule has 0 aliphatic rings. The molecule has 0 saturated heterocycles. The van der Waals surface area contributed by atoms with E-state index in [2.05, 4.69) is 83.1 Å². The van der Waals surface area contributed by atoms with Crippen LogP contribution in [-0.2, 0) is 0 Å². The molecule has 0 nitrogen and oxygen atoms in total. The molecule has 0 spiro atoms. The van der Waals surface area contributed by atoms with E-state index in [-0.39, 0.29) is 0 Å². The number of hydrogen-bond acceptors (Lipinski definition) is 0. The second kappa shape index (κ2) is 12.5. The molecule has 0 saturated carbocycles. The van der Waals surface area contributed by atoms with Crippen LogP contribution in [0.5, 0.6) is 0 Å². The first-order valence-corrected chi connectivity index (χ1v) is 11.9. The van der Waals surface area contributed by atoms with E-state index in [1.807, 2.05) is 0 Å². The van der Waals surface area contributed by atoms with Crippen molar-refractivity contribution in [2.24, 2.45) is 59.2 Å². The minimum atomic E-state index is 0.794. The fraction of sp³-hybridized carbons (Fsp3) is 1.00. The predicted octanol–water partition coefficient (Wildman–Crippen LogP) is 8.95. The zero-order valence-electron chi connectivity index (χ0n) is 20.6.